The van der Waals surface area contributed by atoms with Gasteiger partial charge in [0.15, 0.2) is 0 Å². The molecule has 1 aromatic heterocycles. The summed E-state index contributed by atoms with van der Waals surface area (Å²) in [4.78, 5) is 10.3. The molecule has 2 aromatic rings. The van der Waals surface area contributed by atoms with Gasteiger partial charge in [-0.2, -0.15) is 5.10 Å². The van der Waals surface area contributed by atoms with Crippen LogP contribution in [0.25, 0.3) is 10.9 Å². The number of nitro benzene ring substituents is 1. The Morgan fingerprint density at radius 2 is 2.29 bits per heavy atom. The Hall–Kier alpha value is -1.18. The molecule has 0 amide bonds. The molecule has 0 radical (unpaired) electrons. The summed E-state index contributed by atoms with van der Waals surface area (Å²) in [5.41, 5.74) is 1.53. The number of aromatic amines is 1. The molecule has 2 rings (SSSR count). The highest BCUT2D eigenvalue weighted by Gasteiger charge is 2.14. The number of aromatic nitrogens is 2. The molecule has 14 heavy (non-hydrogen) atoms. The van der Waals surface area contributed by atoms with Crippen molar-refractivity contribution in [2.24, 2.45) is 0 Å². The van der Waals surface area contributed by atoms with Crippen molar-refractivity contribution in [3.05, 3.63) is 31.5 Å². The van der Waals surface area contributed by atoms with Crippen LogP contribution in [0, 0.1) is 20.7 Å². The standard InChI is InChI=1S/C8H6IN3O2/c1-4-2-6-5(8(9)11-10-6)3-7(4)12(13)14/h2-3H,1H3,(H,10,11). The number of benzene rings is 1. The summed E-state index contributed by atoms with van der Waals surface area (Å²) in [5, 5.41) is 18.3. The predicted octanol–water partition coefficient (Wildman–Crippen LogP) is 2.38. The van der Waals surface area contributed by atoms with Crippen LogP contribution in [0.2, 0.25) is 0 Å². The maximum absolute atomic E-state index is 10.7. The van der Waals surface area contributed by atoms with Crippen molar-refractivity contribution in [2.45, 2.75) is 6.92 Å². The zero-order valence-corrected chi connectivity index (χ0v) is 9.40. The van der Waals surface area contributed by atoms with Gasteiger partial charge >= 0.3 is 0 Å². The van der Waals surface area contributed by atoms with Crippen molar-refractivity contribution in [1.29, 1.82) is 0 Å². The van der Waals surface area contributed by atoms with Crippen molar-refractivity contribution >= 4 is 39.2 Å². The second-order valence-corrected chi connectivity index (χ2v) is 4.03. The smallest absolute Gasteiger partial charge is 0.271 e. The van der Waals surface area contributed by atoms with Crippen molar-refractivity contribution in [3.63, 3.8) is 0 Å². The molecule has 0 aliphatic rings. The second-order valence-electron chi connectivity index (χ2n) is 2.95. The van der Waals surface area contributed by atoms with Gasteiger partial charge in [0, 0.05) is 17.0 Å². The molecule has 0 spiro atoms. The highest BCUT2D eigenvalue weighted by atomic mass is 127. The lowest BCUT2D eigenvalue weighted by Gasteiger charge is -1.96. The normalized spacial score (nSPS) is 10.7. The first-order chi connectivity index (χ1) is 6.59. The summed E-state index contributed by atoms with van der Waals surface area (Å²) in [6.45, 7) is 1.71. The van der Waals surface area contributed by atoms with Gasteiger partial charge in [-0.25, -0.2) is 0 Å². The first-order valence-corrected chi connectivity index (χ1v) is 4.96. The summed E-state index contributed by atoms with van der Waals surface area (Å²) in [6.07, 6.45) is 0. The molecule has 0 saturated carbocycles. The largest absolute Gasteiger partial charge is 0.273 e. The Balaban J connectivity index is 2.80. The van der Waals surface area contributed by atoms with E-state index >= 15 is 0 Å². The number of fused-ring (bicyclic) bond motifs is 1. The fourth-order valence-electron chi connectivity index (χ4n) is 1.32. The summed E-state index contributed by atoms with van der Waals surface area (Å²) >= 11 is 2.06. The van der Waals surface area contributed by atoms with E-state index in [-0.39, 0.29) is 10.6 Å². The van der Waals surface area contributed by atoms with Gasteiger partial charge in [0.05, 0.1) is 10.4 Å². The quantitative estimate of drug-likeness (QED) is 0.499. The molecule has 0 aliphatic heterocycles. The van der Waals surface area contributed by atoms with E-state index in [2.05, 4.69) is 32.8 Å². The van der Waals surface area contributed by atoms with Gasteiger partial charge in [-0.3, -0.25) is 15.2 Å². The predicted molar refractivity (Wildman–Crippen MR) is 60.2 cm³/mol. The molecule has 1 N–H and O–H groups in total. The lowest BCUT2D eigenvalue weighted by molar-refractivity contribution is -0.385. The number of H-pyrrole nitrogens is 1. The van der Waals surface area contributed by atoms with Crippen molar-refractivity contribution in [1.82, 2.24) is 10.2 Å². The fourth-order valence-corrected chi connectivity index (χ4v) is 1.87. The Kier molecular flexibility index (Phi) is 2.14. The average molecular weight is 303 g/mol. The van der Waals surface area contributed by atoms with E-state index in [0.29, 0.717) is 5.56 Å². The summed E-state index contributed by atoms with van der Waals surface area (Å²) in [6, 6.07) is 3.27. The van der Waals surface area contributed by atoms with E-state index in [1.807, 2.05) is 0 Å². The van der Waals surface area contributed by atoms with Crippen molar-refractivity contribution in [3.8, 4) is 0 Å². The molecule has 5 nitrogen and oxygen atoms in total. The molecule has 0 aliphatic carbocycles. The summed E-state index contributed by atoms with van der Waals surface area (Å²) in [7, 11) is 0. The van der Waals surface area contributed by atoms with Gasteiger partial charge in [-0.15, -0.1) is 0 Å². The van der Waals surface area contributed by atoms with Gasteiger partial charge in [-0.05, 0) is 35.6 Å². The molecule has 0 saturated heterocycles. The number of nitrogens with zero attached hydrogens (tertiary/aromatic N) is 2. The maximum atomic E-state index is 10.7. The maximum Gasteiger partial charge on any atom is 0.273 e. The van der Waals surface area contributed by atoms with E-state index in [0.717, 1.165) is 14.6 Å². The molecule has 6 heteroatoms. The molecule has 72 valence electrons. The monoisotopic (exact) mass is 303 g/mol. The van der Waals surface area contributed by atoms with Gasteiger partial charge < -0.3 is 0 Å². The second kappa shape index (κ2) is 3.19. The minimum Gasteiger partial charge on any atom is -0.271 e. The van der Waals surface area contributed by atoms with Crippen molar-refractivity contribution < 1.29 is 4.92 Å². The Bertz CT molecular complexity index is 521. The Labute approximate surface area is 92.8 Å². The lowest BCUT2D eigenvalue weighted by Crippen LogP contribution is -1.91. The van der Waals surface area contributed by atoms with Gasteiger partial charge in [0.2, 0.25) is 0 Å². The Morgan fingerprint density at radius 3 is 2.93 bits per heavy atom. The molecular weight excluding hydrogens is 297 g/mol. The first-order valence-electron chi connectivity index (χ1n) is 3.88. The minimum atomic E-state index is -0.377. The van der Waals surface area contributed by atoms with Crippen LogP contribution in [-0.4, -0.2) is 15.1 Å². The first kappa shape index (κ1) is 9.38. The van der Waals surface area contributed by atoms with Crippen LogP contribution in [0.15, 0.2) is 12.1 Å². The molecule has 1 heterocycles. The molecule has 0 atom stereocenters. The van der Waals surface area contributed by atoms with Crippen LogP contribution < -0.4 is 0 Å². The van der Waals surface area contributed by atoms with E-state index < -0.39 is 0 Å². The lowest BCUT2D eigenvalue weighted by atomic mass is 10.1. The molecular formula is C8H6IN3O2. The van der Waals surface area contributed by atoms with Gasteiger partial charge in [-0.1, -0.05) is 0 Å². The van der Waals surface area contributed by atoms with E-state index in [1.54, 1.807) is 19.1 Å². The third kappa shape index (κ3) is 1.35. The molecule has 0 unspecified atom stereocenters. The van der Waals surface area contributed by atoms with Crippen LogP contribution in [0.4, 0.5) is 5.69 Å². The number of aryl methyl sites for hydroxylation is 1. The van der Waals surface area contributed by atoms with E-state index in [1.165, 1.54) is 0 Å². The number of hydrogen-bond donors (Lipinski definition) is 1. The number of hydrogen-bond acceptors (Lipinski definition) is 3. The van der Waals surface area contributed by atoms with Crippen LogP contribution in [-0.2, 0) is 0 Å². The SMILES string of the molecule is Cc1cc2n[nH]c(I)c2cc1[N+](=O)[O-]. The van der Waals surface area contributed by atoms with Gasteiger partial charge in [0.25, 0.3) is 5.69 Å². The highest BCUT2D eigenvalue weighted by molar-refractivity contribution is 14.1. The Morgan fingerprint density at radius 1 is 1.57 bits per heavy atom. The van der Waals surface area contributed by atoms with E-state index in [9.17, 15) is 10.1 Å². The fraction of sp³-hybridized carbons (Fsp3) is 0.125. The zero-order valence-electron chi connectivity index (χ0n) is 7.24. The summed E-state index contributed by atoms with van der Waals surface area (Å²) < 4.78 is 0.820. The number of nitro groups is 1. The molecule has 0 fully saturated rings. The van der Waals surface area contributed by atoms with Crippen LogP contribution in [0.5, 0.6) is 0 Å². The average Bonchev–Trinajstić information content (AvgIpc) is 2.46. The van der Waals surface area contributed by atoms with Crippen LogP contribution in [0.3, 0.4) is 0 Å². The third-order valence-electron chi connectivity index (χ3n) is 2.02. The third-order valence-corrected chi connectivity index (χ3v) is 2.84. The molecule has 0 bridgehead atoms. The number of rotatable bonds is 1. The van der Waals surface area contributed by atoms with Crippen LogP contribution >= 0.6 is 22.6 Å². The van der Waals surface area contributed by atoms with Crippen LogP contribution in [0.1, 0.15) is 5.56 Å². The van der Waals surface area contributed by atoms with Gasteiger partial charge in [0.1, 0.15) is 3.70 Å². The topological polar surface area (TPSA) is 71.8 Å². The van der Waals surface area contributed by atoms with E-state index in [4.69, 9.17) is 0 Å². The molecule has 1 aromatic carbocycles. The zero-order chi connectivity index (χ0) is 10.3. The number of nitrogens with one attached hydrogen (secondary N) is 1. The van der Waals surface area contributed by atoms with Crippen molar-refractivity contribution in [2.75, 3.05) is 0 Å². The summed E-state index contributed by atoms with van der Waals surface area (Å²) in [5.74, 6) is 0. The minimum absolute atomic E-state index is 0.136. The number of halogens is 1. The highest BCUT2D eigenvalue weighted by Crippen LogP contribution is 2.26.